The van der Waals surface area contributed by atoms with Crippen LogP contribution in [0.5, 0.6) is 0 Å². The molecule has 3 rings (SSSR count). The van der Waals surface area contributed by atoms with Crippen LogP contribution in [-0.4, -0.2) is 42.1 Å². The van der Waals surface area contributed by atoms with Crippen molar-refractivity contribution in [3.8, 4) is 0 Å². The van der Waals surface area contributed by atoms with Gasteiger partial charge < -0.3 is 15.0 Å². The van der Waals surface area contributed by atoms with E-state index in [0.29, 0.717) is 13.1 Å². The lowest BCUT2D eigenvalue weighted by Crippen LogP contribution is -2.55. The van der Waals surface area contributed by atoms with Gasteiger partial charge in [-0.3, -0.25) is 4.79 Å². The van der Waals surface area contributed by atoms with E-state index in [0.717, 1.165) is 13.0 Å². The van der Waals surface area contributed by atoms with Crippen molar-refractivity contribution >= 4 is 5.91 Å². The largest absolute Gasteiger partial charge is 0.372 e. The molecular weight excluding hydrogens is 252 g/mol. The van der Waals surface area contributed by atoms with Crippen molar-refractivity contribution in [1.82, 2.24) is 10.2 Å². The summed E-state index contributed by atoms with van der Waals surface area (Å²) in [5.74, 6) is 0.210. The molecule has 2 aliphatic rings. The zero-order valence-electron chi connectivity index (χ0n) is 12.1. The Morgan fingerprint density at radius 1 is 1.20 bits per heavy atom. The highest BCUT2D eigenvalue weighted by Gasteiger charge is 2.32. The third-order valence-electron chi connectivity index (χ3n) is 4.11. The molecule has 0 unspecified atom stereocenters. The first-order valence-electron chi connectivity index (χ1n) is 7.38. The van der Waals surface area contributed by atoms with E-state index in [1.807, 2.05) is 30.9 Å². The van der Waals surface area contributed by atoms with Crippen molar-refractivity contribution in [3.63, 3.8) is 0 Å². The number of fused-ring (bicyclic) bond motifs is 1. The van der Waals surface area contributed by atoms with Gasteiger partial charge in [0.25, 0.3) is 0 Å². The summed E-state index contributed by atoms with van der Waals surface area (Å²) in [6.45, 7) is 6.23. The fourth-order valence-electron chi connectivity index (χ4n) is 3.21. The van der Waals surface area contributed by atoms with Crippen LogP contribution in [0.25, 0.3) is 0 Å². The van der Waals surface area contributed by atoms with Crippen molar-refractivity contribution in [2.75, 3.05) is 13.1 Å². The molecule has 1 amide bonds. The second-order valence-electron chi connectivity index (χ2n) is 5.91. The normalized spacial score (nSPS) is 29.9. The number of carbonyl (C=O) groups is 1. The molecule has 0 aromatic heterocycles. The van der Waals surface area contributed by atoms with E-state index in [-0.39, 0.29) is 24.2 Å². The Hall–Kier alpha value is -1.39. The number of benzene rings is 1. The van der Waals surface area contributed by atoms with Crippen LogP contribution in [0.4, 0.5) is 0 Å². The Morgan fingerprint density at radius 2 is 1.85 bits per heavy atom. The lowest BCUT2D eigenvalue weighted by Gasteiger charge is -2.38. The highest BCUT2D eigenvalue weighted by atomic mass is 16.5. The number of amides is 1. The van der Waals surface area contributed by atoms with Crippen LogP contribution >= 0.6 is 0 Å². The van der Waals surface area contributed by atoms with Crippen LogP contribution < -0.4 is 5.32 Å². The first-order valence-corrected chi connectivity index (χ1v) is 7.38. The van der Waals surface area contributed by atoms with Gasteiger partial charge in [-0.25, -0.2) is 0 Å². The van der Waals surface area contributed by atoms with Crippen LogP contribution in [0.1, 0.15) is 25.0 Å². The molecule has 1 saturated heterocycles. The van der Waals surface area contributed by atoms with Gasteiger partial charge in [0.15, 0.2) is 0 Å². The van der Waals surface area contributed by atoms with Crippen molar-refractivity contribution in [2.45, 2.75) is 45.1 Å². The van der Waals surface area contributed by atoms with Crippen LogP contribution in [0.15, 0.2) is 24.3 Å². The van der Waals surface area contributed by atoms with E-state index in [2.05, 4.69) is 17.4 Å². The number of hydrogen-bond acceptors (Lipinski definition) is 3. The van der Waals surface area contributed by atoms with Crippen molar-refractivity contribution in [1.29, 1.82) is 0 Å². The maximum Gasteiger partial charge on any atom is 0.240 e. The Kier molecular flexibility index (Phi) is 3.76. The highest BCUT2D eigenvalue weighted by molar-refractivity contribution is 5.82. The molecule has 20 heavy (non-hydrogen) atoms. The summed E-state index contributed by atoms with van der Waals surface area (Å²) >= 11 is 0. The van der Waals surface area contributed by atoms with Gasteiger partial charge in [0.1, 0.15) is 0 Å². The summed E-state index contributed by atoms with van der Waals surface area (Å²) in [5.41, 5.74) is 2.60. The lowest BCUT2D eigenvalue weighted by molar-refractivity contribution is -0.145. The SMILES string of the molecule is C[C@@H]1CN(C(=O)[C@H]2Cc3ccccc3CN2)C[C@H](C)O1. The molecule has 4 heteroatoms. The molecule has 0 radical (unpaired) electrons. The zero-order chi connectivity index (χ0) is 14.1. The molecule has 1 fully saturated rings. The molecule has 2 aliphatic heterocycles. The minimum absolute atomic E-state index is 0.0950. The fraction of sp³-hybridized carbons (Fsp3) is 0.562. The van der Waals surface area contributed by atoms with E-state index in [1.165, 1.54) is 11.1 Å². The summed E-state index contributed by atoms with van der Waals surface area (Å²) in [4.78, 5) is 14.6. The van der Waals surface area contributed by atoms with E-state index < -0.39 is 0 Å². The number of nitrogens with zero attached hydrogens (tertiary/aromatic N) is 1. The number of nitrogens with one attached hydrogen (secondary N) is 1. The number of carbonyl (C=O) groups excluding carboxylic acids is 1. The van der Waals surface area contributed by atoms with Gasteiger partial charge in [-0.1, -0.05) is 24.3 Å². The Balaban J connectivity index is 1.69. The minimum atomic E-state index is -0.0950. The maximum atomic E-state index is 12.7. The molecule has 0 aliphatic carbocycles. The summed E-state index contributed by atoms with van der Waals surface area (Å²) in [6.07, 6.45) is 1.03. The van der Waals surface area contributed by atoms with E-state index in [4.69, 9.17) is 4.74 Å². The molecule has 108 valence electrons. The molecule has 3 atom stereocenters. The van der Waals surface area contributed by atoms with Crippen molar-refractivity contribution in [2.24, 2.45) is 0 Å². The predicted octanol–water partition coefficient (Wildman–Crippen LogP) is 1.34. The van der Waals surface area contributed by atoms with Crippen LogP contribution in [0.2, 0.25) is 0 Å². The van der Waals surface area contributed by atoms with Gasteiger partial charge in [-0.05, 0) is 31.4 Å². The lowest BCUT2D eigenvalue weighted by atomic mass is 9.95. The molecule has 0 saturated carbocycles. The van der Waals surface area contributed by atoms with Gasteiger partial charge in [-0.15, -0.1) is 0 Å². The summed E-state index contributed by atoms with van der Waals surface area (Å²) < 4.78 is 5.70. The molecule has 2 heterocycles. The molecule has 1 aromatic carbocycles. The van der Waals surface area contributed by atoms with Crippen LogP contribution in [-0.2, 0) is 22.5 Å². The monoisotopic (exact) mass is 274 g/mol. The Bertz CT molecular complexity index is 493. The molecule has 4 nitrogen and oxygen atoms in total. The topological polar surface area (TPSA) is 41.6 Å². The predicted molar refractivity (Wildman–Crippen MR) is 77.4 cm³/mol. The third-order valence-corrected chi connectivity index (χ3v) is 4.11. The van der Waals surface area contributed by atoms with Gasteiger partial charge in [0.05, 0.1) is 18.2 Å². The Labute approximate surface area is 120 Å². The standard InChI is InChI=1S/C16H22N2O2/c1-11-9-18(10-12(2)20-11)16(19)15-7-13-5-3-4-6-14(13)8-17-15/h3-6,11-12,15,17H,7-10H2,1-2H3/t11-,12+,15-/m1/s1. The molecule has 0 spiro atoms. The van der Waals surface area contributed by atoms with Crippen molar-refractivity contribution in [3.05, 3.63) is 35.4 Å². The van der Waals surface area contributed by atoms with Crippen LogP contribution in [0, 0.1) is 0 Å². The summed E-state index contributed by atoms with van der Waals surface area (Å²) in [6, 6.07) is 8.25. The van der Waals surface area contributed by atoms with Crippen LogP contribution in [0.3, 0.4) is 0 Å². The van der Waals surface area contributed by atoms with Crippen molar-refractivity contribution < 1.29 is 9.53 Å². The smallest absolute Gasteiger partial charge is 0.240 e. The fourth-order valence-corrected chi connectivity index (χ4v) is 3.21. The van der Waals surface area contributed by atoms with Gasteiger partial charge in [0, 0.05) is 19.6 Å². The van der Waals surface area contributed by atoms with Gasteiger partial charge >= 0.3 is 0 Å². The first kappa shape index (κ1) is 13.6. The number of rotatable bonds is 1. The molecule has 1 N–H and O–H groups in total. The second kappa shape index (κ2) is 5.54. The highest BCUT2D eigenvalue weighted by Crippen LogP contribution is 2.19. The van der Waals surface area contributed by atoms with E-state index >= 15 is 0 Å². The number of ether oxygens (including phenoxy) is 1. The molecule has 1 aromatic rings. The average Bonchev–Trinajstić information content (AvgIpc) is 2.45. The molecular formula is C16H22N2O2. The second-order valence-corrected chi connectivity index (χ2v) is 5.91. The maximum absolute atomic E-state index is 12.7. The third kappa shape index (κ3) is 2.72. The zero-order valence-corrected chi connectivity index (χ0v) is 12.1. The van der Waals surface area contributed by atoms with Gasteiger partial charge in [0.2, 0.25) is 5.91 Å². The minimum Gasteiger partial charge on any atom is -0.372 e. The number of hydrogen-bond donors (Lipinski definition) is 1. The number of morpholine rings is 1. The summed E-state index contributed by atoms with van der Waals surface area (Å²) in [7, 11) is 0. The Morgan fingerprint density at radius 3 is 2.55 bits per heavy atom. The first-order chi connectivity index (χ1) is 9.63. The molecule has 0 bridgehead atoms. The quantitative estimate of drug-likeness (QED) is 0.840. The summed E-state index contributed by atoms with van der Waals surface area (Å²) in [5, 5.41) is 3.37. The van der Waals surface area contributed by atoms with Gasteiger partial charge in [-0.2, -0.15) is 0 Å². The average molecular weight is 274 g/mol. The van der Waals surface area contributed by atoms with E-state index in [9.17, 15) is 4.79 Å². The van der Waals surface area contributed by atoms with E-state index in [1.54, 1.807) is 0 Å².